The number of unbranched alkanes of at least 4 members (excludes halogenated alkanes) is 1. The number of hydrogen-bond acceptors (Lipinski definition) is 6. The van der Waals surface area contributed by atoms with Crippen molar-refractivity contribution in [3.63, 3.8) is 0 Å². The average Bonchev–Trinajstić information content (AvgIpc) is 2.62. The lowest BCUT2D eigenvalue weighted by Crippen LogP contribution is -2.06. The number of nitro groups is 1. The number of nitro benzene ring substituents is 1. The van der Waals surface area contributed by atoms with E-state index in [1.54, 1.807) is 0 Å². The maximum absolute atomic E-state index is 11.8. The third-order valence-corrected chi connectivity index (χ3v) is 3.61. The van der Waals surface area contributed by atoms with Crippen LogP contribution in [0.15, 0.2) is 42.5 Å². The highest BCUT2D eigenvalue weighted by atomic mass is 16.6. The van der Waals surface area contributed by atoms with Crippen molar-refractivity contribution in [2.75, 3.05) is 6.61 Å². The molecule has 0 fully saturated rings. The Morgan fingerprint density at radius 3 is 2.31 bits per heavy atom. The molecule has 136 valence electrons. The first-order valence-electron chi connectivity index (χ1n) is 8.16. The van der Waals surface area contributed by atoms with Gasteiger partial charge >= 0.3 is 11.7 Å². The van der Waals surface area contributed by atoms with Crippen LogP contribution in [0, 0.1) is 10.1 Å². The van der Waals surface area contributed by atoms with Crippen molar-refractivity contribution in [3.8, 4) is 11.5 Å². The van der Waals surface area contributed by atoms with Crippen LogP contribution in [0.5, 0.6) is 11.5 Å². The highest BCUT2D eigenvalue weighted by molar-refractivity contribution is 5.95. The molecule has 0 spiro atoms. The van der Waals surface area contributed by atoms with Gasteiger partial charge in [-0.15, -0.1) is 0 Å². The quantitative estimate of drug-likeness (QED) is 0.226. The van der Waals surface area contributed by atoms with E-state index in [-0.39, 0.29) is 22.8 Å². The highest BCUT2D eigenvalue weighted by Crippen LogP contribution is 2.32. The topological polar surface area (TPSA) is 95.7 Å². The van der Waals surface area contributed by atoms with Gasteiger partial charge in [-0.25, -0.2) is 4.79 Å². The number of hydrogen-bond donors (Lipinski definition) is 0. The van der Waals surface area contributed by atoms with E-state index in [0.717, 1.165) is 12.8 Å². The van der Waals surface area contributed by atoms with E-state index in [2.05, 4.69) is 0 Å². The molecule has 0 aliphatic carbocycles. The summed E-state index contributed by atoms with van der Waals surface area (Å²) in [6, 6.07) is 10.1. The van der Waals surface area contributed by atoms with E-state index in [1.807, 2.05) is 6.92 Å². The van der Waals surface area contributed by atoms with Gasteiger partial charge in [0.1, 0.15) is 5.75 Å². The van der Waals surface area contributed by atoms with Crippen molar-refractivity contribution < 1.29 is 24.0 Å². The van der Waals surface area contributed by atoms with E-state index >= 15 is 0 Å². The fourth-order valence-electron chi connectivity index (χ4n) is 2.14. The van der Waals surface area contributed by atoms with Gasteiger partial charge in [0.25, 0.3) is 0 Å². The first kappa shape index (κ1) is 19.1. The Bertz CT molecular complexity index is 813. The van der Waals surface area contributed by atoms with Crippen molar-refractivity contribution in [2.24, 2.45) is 0 Å². The number of carbonyl (C=O) groups excluding carboxylic acids is 2. The number of esters is 1. The Balaban J connectivity index is 2.15. The zero-order chi connectivity index (χ0) is 19.1. The van der Waals surface area contributed by atoms with Crippen molar-refractivity contribution in [3.05, 3.63) is 63.7 Å². The number of rotatable bonds is 8. The number of benzene rings is 2. The van der Waals surface area contributed by atoms with E-state index in [0.29, 0.717) is 17.9 Å². The number of nitrogens with zero attached hydrogens (tertiary/aromatic N) is 1. The lowest BCUT2D eigenvalue weighted by Gasteiger charge is -2.08. The van der Waals surface area contributed by atoms with Crippen LogP contribution in [-0.4, -0.2) is 23.3 Å². The van der Waals surface area contributed by atoms with Crippen molar-refractivity contribution in [2.45, 2.75) is 26.7 Å². The zero-order valence-electron chi connectivity index (χ0n) is 14.6. The fraction of sp³-hybridized carbons (Fsp3) is 0.263. The maximum Gasteiger partial charge on any atom is 0.338 e. The molecule has 0 heterocycles. The van der Waals surface area contributed by atoms with Gasteiger partial charge in [0.15, 0.2) is 5.78 Å². The van der Waals surface area contributed by atoms with Crippen LogP contribution in [0.1, 0.15) is 47.4 Å². The van der Waals surface area contributed by atoms with Gasteiger partial charge in [0, 0.05) is 11.6 Å². The summed E-state index contributed by atoms with van der Waals surface area (Å²) in [7, 11) is 0. The van der Waals surface area contributed by atoms with Crippen LogP contribution < -0.4 is 4.74 Å². The standard InChI is InChI=1S/C19H19NO6/c1-3-4-11-25-19(22)14-5-8-16(9-6-14)26-18-10-7-15(13(2)21)12-17(18)20(23)24/h5-10,12H,3-4,11H2,1-2H3. The molecule has 0 saturated carbocycles. The van der Waals surface area contributed by atoms with Crippen LogP contribution in [-0.2, 0) is 4.74 Å². The molecule has 0 aromatic heterocycles. The van der Waals surface area contributed by atoms with Crippen molar-refractivity contribution >= 4 is 17.4 Å². The van der Waals surface area contributed by atoms with Crippen LogP contribution in [0.25, 0.3) is 0 Å². The molecule has 0 amide bonds. The second kappa shape index (κ2) is 8.75. The molecule has 7 nitrogen and oxygen atoms in total. The molecule has 0 saturated heterocycles. The van der Waals surface area contributed by atoms with Crippen LogP contribution in [0.2, 0.25) is 0 Å². The summed E-state index contributed by atoms with van der Waals surface area (Å²) in [6.45, 7) is 3.70. The minimum absolute atomic E-state index is 0.0123. The zero-order valence-corrected chi connectivity index (χ0v) is 14.6. The summed E-state index contributed by atoms with van der Waals surface area (Å²) < 4.78 is 10.6. The molecule has 0 radical (unpaired) electrons. The summed E-state index contributed by atoms with van der Waals surface area (Å²) in [6.07, 6.45) is 1.73. The van der Waals surface area contributed by atoms with Gasteiger partial charge in [-0.2, -0.15) is 0 Å². The fourth-order valence-corrected chi connectivity index (χ4v) is 2.14. The molecule has 0 aliphatic rings. The first-order chi connectivity index (χ1) is 12.4. The average molecular weight is 357 g/mol. The van der Waals surface area contributed by atoms with E-state index in [1.165, 1.54) is 49.4 Å². The number of Topliss-reactive ketones (excluding diaryl/α,β-unsaturated/α-hetero) is 1. The number of ether oxygens (including phenoxy) is 2. The van der Waals surface area contributed by atoms with Gasteiger partial charge in [0.05, 0.1) is 17.1 Å². The third kappa shape index (κ3) is 4.89. The number of carbonyl (C=O) groups is 2. The summed E-state index contributed by atoms with van der Waals surface area (Å²) in [5.74, 6) is -0.362. The smallest absolute Gasteiger partial charge is 0.338 e. The van der Waals surface area contributed by atoms with Gasteiger partial charge in [-0.1, -0.05) is 13.3 Å². The van der Waals surface area contributed by atoms with Gasteiger partial charge < -0.3 is 9.47 Å². The highest BCUT2D eigenvalue weighted by Gasteiger charge is 2.18. The molecule has 7 heteroatoms. The van der Waals surface area contributed by atoms with Crippen LogP contribution >= 0.6 is 0 Å². The molecule has 0 unspecified atom stereocenters. The Labute approximate surface area is 150 Å². The molecular weight excluding hydrogens is 338 g/mol. The Morgan fingerprint density at radius 2 is 1.73 bits per heavy atom. The van der Waals surface area contributed by atoms with Crippen molar-refractivity contribution in [1.82, 2.24) is 0 Å². The predicted molar refractivity (Wildman–Crippen MR) is 94.8 cm³/mol. The van der Waals surface area contributed by atoms with Crippen LogP contribution in [0.3, 0.4) is 0 Å². The summed E-state index contributed by atoms with van der Waals surface area (Å²) in [4.78, 5) is 33.8. The summed E-state index contributed by atoms with van der Waals surface area (Å²) in [5, 5.41) is 11.2. The second-order valence-corrected chi connectivity index (χ2v) is 5.61. The third-order valence-electron chi connectivity index (χ3n) is 3.61. The lowest BCUT2D eigenvalue weighted by molar-refractivity contribution is -0.385. The minimum atomic E-state index is -0.610. The molecule has 0 aliphatic heterocycles. The van der Waals surface area contributed by atoms with E-state index in [4.69, 9.17) is 9.47 Å². The molecule has 26 heavy (non-hydrogen) atoms. The molecule has 0 bridgehead atoms. The monoisotopic (exact) mass is 357 g/mol. The molecule has 0 atom stereocenters. The summed E-state index contributed by atoms with van der Waals surface area (Å²) >= 11 is 0. The Morgan fingerprint density at radius 1 is 1.08 bits per heavy atom. The SMILES string of the molecule is CCCCOC(=O)c1ccc(Oc2ccc(C(C)=O)cc2[N+](=O)[O-])cc1. The summed E-state index contributed by atoms with van der Waals surface area (Å²) in [5.41, 5.74) is 0.296. The molecule has 0 N–H and O–H groups in total. The van der Waals surface area contributed by atoms with E-state index < -0.39 is 10.9 Å². The second-order valence-electron chi connectivity index (χ2n) is 5.61. The number of ketones is 1. The minimum Gasteiger partial charge on any atom is -0.462 e. The molecule has 2 aromatic rings. The Hall–Kier alpha value is -3.22. The van der Waals surface area contributed by atoms with Crippen molar-refractivity contribution in [1.29, 1.82) is 0 Å². The Kier molecular flexibility index (Phi) is 6.43. The van der Waals surface area contributed by atoms with Gasteiger partial charge in [0.2, 0.25) is 5.75 Å². The van der Waals surface area contributed by atoms with Crippen LogP contribution in [0.4, 0.5) is 5.69 Å². The first-order valence-corrected chi connectivity index (χ1v) is 8.16. The van der Waals surface area contributed by atoms with E-state index in [9.17, 15) is 19.7 Å². The maximum atomic E-state index is 11.8. The normalized spacial score (nSPS) is 10.2. The molecule has 2 rings (SSSR count). The largest absolute Gasteiger partial charge is 0.462 e. The van der Waals surface area contributed by atoms with Gasteiger partial charge in [-0.3, -0.25) is 14.9 Å². The molecular formula is C19H19NO6. The lowest BCUT2D eigenvalue weighted by atomic mass is 10.1. The van der Waals surface area contributed by atoms with Gasteiger partial charge in [-0.05, 0) is 49.7 Å². The predicted octanol–water partition coefficient (Wildman–Crippen LogP) is 4.55. The molecule has 2 aromatic carbocycles.